The Hall–Kier alpha value is -3.48. The molecule has 0 spiro atoms. The predicted molar refractivity (Wildman–Crippen MR) is 130 cm³/mol. The topological polar surface area (TPSA) is 80.1 Å². The molecule has 1 saturated heterocycles. The highest BCUT2D eigenvalue weighted by molar-refractivity contribution is 5.95. The van der Waals surface area contributed by atoms with Gasteiger partial charge in [-0.2, -0.15) is 0 Å². The van der Waals surface area contributed by atoms with Crippen molar-refractivity contribution in [3.05, 3.63) is 83.4 Å². The van der Waals surface area contributed by atoms with Crippen molar-refractivity contribution in [3.63, 3.8) is 0 Å². The first-order valence-corrected chi connectivity index (χ1v) is 12.1. The van der Waals surface area contributed by atoms with Crippen molar-refractivity contribution in [2.45, 2.75) is 51.1 Å². The number of rotatable bonds is 5. The van der Waals surface area contributed by atoms with Crippen LogP contribution in [0.5, 0.6) is 0 Å². The molecule has 7 heteroatoms. The van der Waals surface area contributed by atoms with Crippen LogP contribution >= 0.6 is 0 Å². The normalized spacial score (nSPS) is 21.6. The van der Waals surface area contributed by atoms with Gasteiger partial charge in [-0.05, 0) is 36.5 Å². The van der Waals surface area contributed by atoms with E-state index in [-0.39, 0.29) is 23.3 Å². The van der Waals surface area contributed by atoms with Crippen LogP contribution in [-0.2, 0) is 18.4 Å². The minimum absolute atomic E-state index is 0.0331. The molecule has 0 unspecified atom stereocenters. The van der Waals surface area contributed by atoms with Gasteiger partial charge in [-0.1, -0.05) is 62.4 Å². The lowest BCUT2D eigenvalue weighted by Crippen LogP contribution is -2.47. The zero-order valence-electron chi connectivity index (χ0n) is 19.8. The summed E-state index contributed by atoms with van der Waals surface area (Å²) < 4.78 is 1.95. The van der Waals surface area contributed by atoms with E-state index in [1.54, 1.807) is 0 Å². The first-order chi connectivity index (χ1) is 16.5. The van der Waals surface area contributed by atoms with Gasteiger partial charge < -0.3 is 14.8 Å². The number of hydrogen-bond donors (Lipinski definition) is 1. The van der Waals surface area contributed by atoms with Crippen LogP contribution in [0.4, 0.5) is 0 Å². The Labute approximate surface area is 200 Å². The summed E-state index contributed by atoms with van der Waals surface area (Å²) in [6.45, 7) is 5.88. The number of aromatic nitrogens is 3. The number of carbonyl (C=O) groups is 2. The molecule has 2 atom stereocenters. The fourth-order valence-electron chi connectivity index (χ4n) is 5.51. The zero-order chi connectivity index (χ0) is 23.7. The molecule has 1 aromatic heterocycles. The summed E-state index contributed by atoms with van der Waals surface area (Å²) in [5, 5.41) is 11.6. The van der Waals surface area contributed by atoms with Crippen molar-refractivity contribution >= 4 is 11.8 Å². The quantitative estimate of drug-likeness (QED) is 0.636. The van der Waals surface area contributed by atoms with Crippen molar-refractivity contribution in [2.24, 2.45) is 5.92 Å². The van der Waals surface area contributed by atoms with E-state index < -0.39 is 0 Å². The van der Waals surface area contributed by atoms with Gasteiger partial charge in [-0.25, -0.2) is 0 Å². The number of nitrogens with one attached hydrogen (secondary N) is 1. The number of likely N-dealkylation sites (tertiary alicyclic amines) is 1. The van der Waals surface area contributed by atoms with Crippen LogP contribution in [0.15, 0.2) is 60.7 Å². The van der Waals surface area contributed by atoms with E-state index in [1.165, 1.54) is 5.56 Å². The molecular formula is C27H31N5O2. The van der Waals surface area contributed by atoms with Crippen molar-refractivity contribution in [2.75, 3.05) is 13.1 Å². The van der Waals surface area contributed by atoms with Crippen molar-refractivity contribution in [1.82, 2.24) is 25.0 Å². The number of carbonyl (C=O) groups excluding carboxylic acids is 2. The van der Waals surface area contributed by atoms with Gasteiger partial charge in [0, 0.05) is 37.0 Å². The summed E-state index contributed by atoms with van der Waals surface area (Å²) in [6, 6.07) is 19.9. The molecule has 2 aromatic carbocycles. The summed E-state index contributed by atoms with van der Waals surface area (Å²) in [4.78, 5) is 28.6. The van der Waals surface area contributed by atoms with Crippen LogP contribution in [0.3, 0.4) is 0 Å². The molecule has 0 aliphatic carbocycles. The molecule has 0 radical (unpaired) electrons. The average Bonchev–Trinajstić information content (AvgIpc) is 3.40. The van der Waals surface area contributed by atoms with Gasteiger partial charge in [-0.15, -0.1) is 10.2 Å². The Bertz CT molecular complexity index is 1170. The van der Waals surface area contributed by atoms with E-state index in [1.807, 2.05) is 45.9 Å². The molecule has 2 aliphatic rings. The Morgan fingerprint density at radius 2 is 1.74 bits per heavy atom. The third-order valence-electron chi connectivity index (χ3n) is 7.29. The van der Waals surface area contributed by atoms with Crippen molar-refractivity contribution < 1.29 is 9.59 Å². The number of hydrogen-bond acceptors (Lipinski definition) is 4. The summed E-state index contributed by atoms with van der Waals surface area (Å²) in [5.74, 6) is 1.31. The molecule has 2 aliphatic heterocycles. The van der Waals surface area contributed by atoms with Gasteiger partial charge in [0.05, 0.1) is 6.04 Å². The second kappa shape index (κ2) is 9.05. The number of aryl methyl sites for hydroxylation is 1. The minimum atomic E-state index is -0.210. The number of amides is 2. The number of benzene rings is 2. The van der Waals surface area contributed by atoms with Gasteiger partial charge in [0.1, 0.15) is 5.82 Å². The molecule has 1 fully saturated rings. The molecule has 0 bridgehead atoms. The van der Waals surface area contributed by atoms with E-state index in [4.69, 9.17) is 0 Å². The molecular weight excluding hydrogens is 426 g/mol. The molecule has 1 N–H and O–H groups in total. The highest BCUT2D eigenvalue weighted by atomic mass is 16.2. The third-order valence-corrected chi connectivity index (χ3v) is 7.29. The lowest BCUT2D eigenvalue weighted by Gasteiger charge is -2.37. The van der Waals surface area contributed by atoms with Crippen LogP contribution in [0.1, 0.15) is 59.1 Å². The molecule has 34 heavy (non-hydrogen) atoms. The lowest BCUT2D eigenvalue weighted by molar-refractivity contribution is 0.0688. The van der Waals surface area contributed by atoms with E-state index in [9.17, 15) is 9.59 Å². The average molecular weight is 458 g/mol. The summed E-state index contributed by atoms with van der Waals surface area (Å²) in [5.41, 5.74) is 1.74. The Kier molecular flexibility index (Phi) is 5.94. The smallest absolute Gasteiger partial charge is 0.289 e. The Balaban J connectivity index is 1.54. The monoisotopic (exact) mass is 457 g/mol. The van der Waals surface area contributed by atoms with Crippen LogP contribution in [-0.4, -0.2) is 50.6 Å². The molecule has 2 amide bonds. The van der Waals surface area contributed by atoms with Crippen molar-refractivity contribution in [1.29, 1.82) is 0 Å². The van der Waals surface area contributed by atoms with Gasteiger partial charge in [-0.3, -0.25) is 9.59 Å². The van der Waals surface area contributed by atoms with Crippen LogP contribution in [0.2, 0.25) is 0 Å². The fraction of sp³-hybridized carbons (Fsp3) is 0.407. The fourth-order valence-corrected chi connectivity index (χ4v) is 5.51. The maximum atomic E-state index is 13.6. The van der Waals surface area contributed by atoms with Crippen LogP contribution in [0, 0.1) is 5.92 Å². The largest absolute Gasteiger partial charge is 0.349 e. The van der Waals surface area contributed by atoms with Crippen molar-refractivity contribution in [3.8, 4) is 0 Å². The molecule has 3 heterocycles. The minimum Gasteiger partial charge on any atom is -0.349 e. The summed E-state index contributed by atoms with van der Waals surface area (Å²) in [7, 11) is 0. The van der Waals surface area contributed by atoms with Crippen LogP contribution < -0.4 is 5.32 Å². The highest BCUT2D eigenvalue weighted by Crippen LogP contribution is 2.46. The van der Waals surface area contributed by atoms with Gasteiger partial charge in [0.2, 0.25) is 5.82 Å². The van der Waals surface area contributed by atoms with Gasteiger partial charge in [0.15, 0.2) is 0 Å². The molecule has 176 valence electrons. The number of fused-ring (bicyclic) bond motifs is 2. The Morgan fingerprint density at radius 1 is 1.03 bits per heavy atom. The molecule has 7 nitrogen and oxygen atoms in total. The Morgan fingerprint density at radius 3 is 2.44 bits per heavy atom. The zero-order valence-corrected chi connectivity index (χ0v) is 19.8. The van der Waals surface area contributed by atoms with E-state index in [0.29, 0.717) is 43.4 Å². The second-order valence-corrected chi connectivity index (χ2v) is 9.81. The first kappa shape index (κ1) is 22.3. The van der Waals surface area contributed by atoms with Gasteiger partial charge >= 0.3 is 0 Å². The predicted octanol–water partition coefficient (Wildman–Crippen LogP) is 3.46. The number of nitrogens with zero attached hydrogens (tertiary/aromatic N) is 4. The molecule has 3 aromatic rings. The SMILES string of the molecule is CC(C)CNC(=O)c1nnc2n1C[C@@H]1N(C(=O)c3ccccc3)CC[C@]1(c1ccccc1)CC2. The van der Waals surface area contributed by atoms with E-state index in [2.05, 4.69) is 53.6 Å². The maximum Gasteiger partial charge on any atom is 0.289 e. The molecule has 0 saturated carbocycles. The molecule has 5 rings (SSSR count). The van der Waals surface area contributed by atoms with E-state index in [0.717, 1.165) is 18.7 Å². The third kappa shape index (κ3) is 3.89. The highest BCUT2D eigenvalue weighted by Gasteiger charge is 2.51. The standard InChI is InChI=1S/C27H31N5O2/c1-19(2)17-28-25(33)24-30-29-23-13-14-27(21-11-7-4-8-12-21)15-16-31(22(27)18-32(23)24)26(34)20-9-5-3-6-10-20/h3-12,19,22H,13-18H2,1-2H3,(H,28,33)/t22-,27-/m0/s1. The lowest BCUT2D eigenvalue weighted by atomic mass is 9.71. The summed E-state index contributed by atoms with van der Waals surface area (Å²) in [6.07, 6.45) is 2.45. The maximum absolute atomic E-state index is 13.6. The summed E-state index contributed by atoms with van der Waals surface area (Å²) >= 11 is 0. The van der Waals surface area contributed by atoms with Crippen LogP contribution in [0.25, 0.3) is 0 Å². The van der Waals surface area contributed by atoms with Gasteiger partial charge in [0.25, 0.3) is 11.8 Å². The van der Waals surface area contributed by atoms with E-state index >= 15 is 0 Å². The second-order valence-electron chi connectivity index (χ2n) is 9.81. The first-order valence-electron chi connectivity index (χ1n) is 12.1.